The van der Waals surface area contributed by atoms with E-state index in [-0.39, 0.29) is 11.3 Å². The predicted octanol–water partition coefficient (Wildman–Crippen LogP) is 5.57. The van der Waals surface area contributed by atoms with E-state index in [1.807, 2.05) is 43.5 Å². The molecule has 1 aromatic carbocycles. The monoisotopic (exact) mass is 381 g/mol. The molecule has 0 saturated heterocycles. The molecule has 0 atom stereocenters. The summed E-state index contributed by atoms with van der Waals surface area (Å²) in [5, 5.41) is 3.76. The number of hydrogen-bond donors (Lipinski definition) is 1. The highest BCUT2D eigenvalue weighted by molar-refractivity contribution is 6.30. The van der Waals surface area contributed by atoms with Crippen molar-refractivity contribution < 1.29 is 4.79 Å². The second-order valence-electron chi connectivity index (χ2n) is 8.02. The Bertz CT molecular complexity index is 987. The van der Waals surface area contributed by atoms with Crippen LogP contribution in [0.25, 0.3) is 11.0 Å². The molecule has 27 heavy (non-hydrogen) atoms. The number of halogens is 1. The molecule has 4 nitrogen and oxygen atoms in total. The lowest BCUT2D eigenvalue weighted by atomic mass is 9.68. The average molecular weight is 382 g/mol. The highest BCUT2D eigenvalue weighted by Crippen LogP contribution is 2.43. The average Bonchev–Trinajstić information content (AvgIpc) is 2.97. The normalized spacial score (nSPS) is 15.5. The maximum Gasteiger partial charge on any atom is 0.226 e. The molecule has 1 aliphatic rings. The highest BCUT2D eigenvalue weighted by Gasteiger charge is 2.34. The molecule has 2 heterocycles. The number of rotatable bonds is 5. The Morgan fingerprint density at radius 2 is 2.00 bits per heavy atom. The summed E-state index contributed by atoms with van der Waals surface area (Å²) < 4.78 is 2.17. The topological polar surface area (TPSA) is 46.9 Å². The molecule has 5 heteroatoms. The van der Waals surface area contributed by atoms with Gasteiger partial charge in [0.15, 0.2) is 0 Å². The first-order chi connectivity index (χ1) is 12.9. The van der Waals surface area contributed by atoms with Crippen molar-refractivity contribution >= 4 is 34.4 Å². The molecule has 2 aromatic heterocycles. The van der Waals surface area contributed by atoms with E-state index in [0.29, 0.717) is 12.2 Å². The van der Waals surface area contributed by atoms with Crippen molar-refractivity contribution in [3.8, 4) is 0 Å². The Morgan fingerprint density at radius 3 is 2.67 bits per heavy atom. The fourth-order valence-corrected chi connectivity index (χ4v) is 3.90. The van der Waals surface area contributed by atoms with Gasteiger partial charge in [0.05, 0.1) is 11.0 Å². The highest BCUT2D eigenvalue weighted by atomic mass is 35.5. The van der Waals surface area contributed by atoms with Gasteiger partial charge >= 0.3 is 0 Å². The van der Waals surface area contributed by atoms with Crippen LogP contribution in [0.4, 0.5) is 5.82 Å². The molecule has 3 aromatic rings. The zero-order chi connectivity index (χ0) is 19.0. The Balaban J connectivity index is 1.53. The maximum atomic E-state index is 12.4. The molecule has 140 valence electrons. The molecule has 0 bridgehead atoms. The second kappa shape index (κ2) is 7.01. The van der Waals surface area contributed by atoms with E-state index in [0.717, 1.165) is 41.0 Å². The van der Waals surface area contributed by atoms with Gasteiger partial charge in [0, 0.05) is 24.2 Å². The van der Waals surface area contributed by atoms with Crippen molar-refractivity contribution in [3.63, 3.8) is 0 Å². The molecular weight excluding hydrogens is 358 g/mol. The molecule has 4 rings (SSSR count). The number of aryl methyl sites for hydroxylation is 1. The fourth-order valence-electron chi connectivity index (χ4n) is 3.78. The zero-order valence-corrected chi connectivity index (χ0v) is 16.5. The summed E-state index contributed by atoms with van der Waals surface area (Å²) in [5.41, 5.74) is 4.28. The third-order valence-electron chi connectivity index (χ3n) is 5.62. The summed E-state index contributed by atoms with van der Waals surface area (Å²) in [4.78, 5) is 17.1. The van der Waals surface area contributed by atoms with Crippen LogP contribution in [0.3, 0.4) is 0 Å². The van der Waals surface area contributed by atoms with Crippen LogP contribution in [0.1, 0.15) is 43.7 Å². The lowest BCUT2D eigenvalue weighted by Gasteiger charge is -2.37. The van der Waals surface area contributed by atoms with E-state index in [1.54, 1.807) is 0 Å². The number of benzene rings is 1. The Kier molecular flexibility index (Phi) is 4.68. The third kappa shape index (κ3) is 3.86. The van der Waals surface area contributed by atoms with Crippen molar-refractivity contribution in [3.05, 3.63) is 58.7 Å². The van der Waals surface area contributed by atoms with Gasteiger partial charge in [-0.3, -0.25) is 4.79 Å². The number of amides is 1. The Hall–Kier alpha value is -2.33. The number of nitrogens with zero attached hydrogens (tertiary/aromatic N) is 2. The zero-order valence-electron chi connectivity index (χ0n) is 15.8. The number of hydrogen-bond acceptors (Lipinski definition) is 2. The fraction of sp³-hybridized carbons (Fsp3) is 0.364. The van der Waals surface area contributed by atoms with Gasteiger partial charge in [-0.2, -0.15) is 0 Å². The van der Waals surface area contributed by atoms with Crippen LogP contribution in [0.2, 0.25) is 5.02 Å². The minimum absolute atomic E-state index is 0.0627. The second-order valence-corrected chi connectivity index (χ2v) is 8.45. The van der Waals surface area contributed by atoms with Gasteiger partial charge in [0.25, 0.3) is 0 Å². The molecule has 1 saturated carbocycles. The van der Waals surface area contributed by atoms with Crippen molar-refractivity contribution in [2.75, 3.05) is 5.32 Å². The largest absolute Gasteiger partial charge is 0.342 e. The standard InChI is InChI=1S/C22H24ClN3O/c1-15-12-19-18(8-11-26(19)14-16-4-6-17(23)7-5-16)24-21(15)25-20(27)13-22(2)9-3-10-22/h4-8,11-12H,3,9-10,13-14H2,1-2H3,(H,24,25,27). The molecule has 1 amide bonds. The number of anilines is 1. The van der Waals surface area contributed by atoms with Crippen molar-refractivity contribution in [1.82, 2.24) is 9.55 Å². The van der Waals surface area contributed by atoms with Gasteiger partial charge in [0.2, 0.25) is 5.91 Å². The van der Waals surface area contributed by atoms with Crippen LogP contribution >= 0.6 is 11.6 Å². The molecule has 1 aliphatic carbocycles. The predicted molar refractivity (Wildman–Crippen MR) is 110 cm³/mol. The van der Waals surface area contributed by atoms with Gasteiger partial charge in [-0.15, -0.1) is 0 Å². The lowest BCUT2D eigenvalue weighted by Crippen LogP contribution is -2.31. The van der Waals surface area contributed by atoms with E-state index >= 15 is 0 Å². The van der Waals surface area contributed by atoms with Gasteiger partial charge in [-0.1, -0.05) is 37.1 Å². The first-order valence-corrected chi connectivity index (χ1v) is 9.80. The lowest BCUT2D eigenvalue weighted by molar-refractivity contribution is -0.119. The van der Waals surface area contributed by atoms with Crippen LogP contribution in [0.5, 0.6) is 0 Å². The Labute approximate surface area is 164 Å². The summed E-state index contributed by atoms with van der Waals surface area (Å²) in [5.74, 6) is 0.729. The van der Waals surface area contributed by atoms with Crippen LogP contribution in [0.15, 0.2) is 42.6 Å². The van der Waals surface area contributed by atoms with Gasteiger partial charge in [-0.05, 0) is 60.6 Å². The van der Waals surface area contributed by atoms with Crippen LogP contribution < -0.4 is 5.32 Å². The minimum atomic E-state index is 0.0627. The summed E-state index contributed by atoms with van der Waals surface area (Å²) in [6.45, 7) is 4.94. The number of pyridine rings is 1. The molecule has 1 N–H and O–H groups in total. The van der Waals surface area contributed by atoms with Crippen molar-refractivity contribution in [2.24, 2.45) is 5.41 Å². The van der Waals surface area contributed by atoms with Gasteiger partial charge < -0.3 is 9.88 Å². The summed E-state index contributed by atoms with van der Waals surface area (Å²) in [7, 11) is 0. The Morgan fingerprint density at radius 1 is 1.26 bits per heavy atom. The van der Waals surface area contributed by atoms with Gasteiger partial charge in [-0.25, -0.2) is 4.98 Å². The minimum Gasteiger partial charge on any atom is -0.342 e. The molecule has 0 spiro atoms. The smallest absolute Gasteiger partial charge is 0.226 e. The van der Waals surface area contributed by atoms with E-state index in [2.05, 4.69) is 22.9 Å². The summed E-state index contributed by atoms with van der Waals surface area (Å²) in [6.07, 6.45) is 6.11. The van der Waals surface area contributed by atoms with E-state index in [1.165, 1.54) is 12.0 Å². The molecule has 1 fully saturated rings. The number of aromatic nitrogens is 2. The van der Waals surface area contributed by atoms with E-state index in [4.69, 9.17) is 16.6 Å². The number of carbonyl (C=O) groups excluding carboxylic acids is 1. The number of nitrogens with one attached hydrogen (secondary N) is 1. The SMILES string of the molecule is Cc1cc2c(ccn2Cc2ccc(Cl)cc2)nc1NC(=O)CC1(C)CCC1. The quantitative estimate of drug-likeness (QED) is 0.628. The molecule has 0 unspecified atom stereocenters. The molecular formula is C22H24ClN3O. The summed E-state index contributed by atoms with van der Waals surface area (Å²) in [6, 6.07) is 12.0. The van der Waals surface area contributed by atoms with Crippen LogP contribution in [-0.2, 0) is 11.3 Å². The van der Waals surface area contributed by atoms with Crippen LogP contribution in [0, 0.1) is 12.3 Å². The first-order valence-electron chi connectivity index (χ1n) is 9.43. The van der Waals surface area contributed by atoms with Gasteiger partial charge in [0.1, 0.15) is 5.82 Å². The van der Waals surface area contributed by atoms with Crippen LogP contribution in [-0.4, -0.2) is 15.5 Å². The van der Waals surface area contributed by atoms with Crippen molar-refractivity contribution in [1.29, 1.82) is 0 Å². The van der Waals surface area contributed by atoms with E-state index < -0.39 is 0 Å². The number of carbonyl (C=O) groups is 1. The van der Waals surface area contributed by atoms with E-state index in [9.17, 15) is 4.79 Å². The maximum absolute atomic E-state index is 12.4. The number of fused-ring (bicyclic) bond motifs is 1. The van der Waals surface area contributed by atoms with Crippen molar-refractivity contribution in [2.45, 2.75) is 46.1 Å². The molecule has 0 radical (unpaired) electrons. The molecule has 0 aliphatic heterocycles. The first kappa shape index (κ1) is 18.1. The summed E-state index contributed by atoms with van der Waals surface area (Å²) >= 11 is 5.97. The third-order valence-corrected chi connectivity index (χ3v) is 5.87.